The molecular formula is C15H16N4O3. The van der Waals surface area contributed by atoms with Crippen LogP contribution < -0.4 is 19.9 Å². The minimum Gasteiger partial charge on any atom is -0.493 e. The quantitative estimate of drug-likeness (QED) is 0.819. The summed E-state index contributed by atoms with van der Waals surface area (Å²) in [4.78, 5) is 0. The van der Waals surface area contributed by atoms with Crippen LogP contribution in [0.1, 0.15) is 11.3 Å². The number of allylic oxidation sites excluding steroid dienone is 1. The molecule has 7 heteroatoms. The predicted molar refractivity (Wildman–Crippen MR) is 82.6 cm³/mol. The first-order valence-electron chi connectivity index (χ1n) is 6.36. The van der Waals surface area contributed by atoms with Gasteiger partial charge in [-0.05, 0) is 23.8 Å². The molecule has 1 heterocycles. The lowest BCUT2D eigenvalue weighted by Gasteiger charge is -2.13. The molecule has 0 bridgehead atoms. The molecule has 1 aromatic carbocycles. The third kappa shape index (κ3) is 2.96. The molecule has 2 rings (SSSR count). The van der Waals surface area contributed by atoms with Gasteiger partial charge in [-0.3, -0.25) is 5.10 Å². The second-order valence-electron chi connectivity index (χ2n) is 4.33. The van der Waals surface area contributed by atoms with Crippen molar-refractivity contribution < 1.29 is 14.2 Å². The third-order valence-corrected chi connectivity index (χ3v) is 3.01. The Balaban J connectivity index is 2.52. The Morgan fingerprint density at radius 1 is 1.18 bits per heavy atom. The molecule has 0 radical (unpaired) electrons. The number of anilines is 1. The summed E-state index contributed by atoms with van der Waals surface area (Å²) in [5.41, 5.74) is 7.20. The molecule has 2 aromatic rings. The van der Waals surface area contributed by atoms with Gasteiger partial charge in [-0.1, -0.05) is 0 Å². The zero-order valence-corrected chi connectivity index (χ0v) is 12.5. The molecule has 22 heavy (non-hydrogen) atoms. The number of aromatic nitrogens is 2. The van der Waals surface area contributed by atoms with Gasteiger partial charge in [-0.15, -0.1) is 0 Å². The summed E-state index contributed by atoms with van der Waals surface area (Å²) >= 11 is 0. The number of rotatable bonds is 5. The topological polar surface area (TPSA) is 106 Å². The summed E-state index contributed by atoms with van der Waals surface area (Å²) in [5, 5.41) is 15.8. The molecule has 7 nitrogen and oxygen atoms in total. The highest BCUT2D eigenvalue weighted by Crippen LogP contribution is 2.39. The lowest BCUT2D eigenvalue weighted by atomic mass is 10.1. The number of nitriles is 1. The molecule has 0 fully saturated rings. The van der Waals surface area contributed by atoms with E-state index in [1.54, 1.807) is 24.3 Å². The van der Waals surface area contributed by atoms with Gasteiger partial charge in [0.05, 0.1) is 32.6 Å². The van der Waals surface area contributed by atoms with Gasteiger partial charge in [-0.25, -0.2) is 0 Å². The zero-order valence-electron chi connectivity index (χ0n) is 12.5. The van der Waals surface area contributed by atoms with Crippen molar-refractivity contribution in [3.63, 3.8) is 0 Å². The second kappa shape index (κ2) is 6.54. The fraction of sp³-hybridized carbons (Fsp3) is 0.200. The van der Waals surface area contributed by atoms with E-state index in [2.05, 4.69) is 16.3 Å². The number of nitrogen functional groups attached to an aromatic ring is 1. The first-order valence-corrected chi connectivity index (χ1v) is 6.36. The van der Waals surface area contributed by atoms with E-state index in [1.807, 2.05) is 0 Å². The van der Waals surface area contributed by atoms with Crippen LogP contribution in [-0.4, -0.2) is 31.5 Å². The molecule has 3 N–H and O–H groups in total. The Labute approximate surface area is 127 Å². The van der Waals surface area contributed by atoms with Crippen molar-refractivity contribution in [1.29, 1.82) is 5.26 Å². The van der Waals surface area contributed by atoms with Gasteiger partial charge in [0, 0.05) is 6.07 Å². The molecule has 0 unspecified atom stereocenters. The van der Waals surface area contributed by atoms with Gasteiger partial charge in [0.2, 0.25) is 5.75 Å². The first kappa shape index (κ1) is 15.3. The van der Waals surface area contributed by atoms with Gasteiger partial charge in [0.25, 0.3) is 0 Å². The first-order chi connectivity index (χ1) is 10.6. The van der Waals surface area contributed by atoms with E-state index in [0.717, 1.165) is 5.56 Å². The van der Waals surface area contributed by atoms with E-state index in [4.69, 9.17) is 19.9 Å². The number of benzene rings is 1. The number of ether oxygens (including phenoxy) is 3. The summed E-state index contributed by atoms with van der Waals surface area (Å²) in [6.07, 6.45) is 1.68. The molecule has 0 saturated heterocycles. The van der Waals surface area contributed by atoms with Crippen molar-refractivity contribution in [2.45, 2.75) is 0 Å². The van der Waals surface area contributed by atoms with Crippen molar-refractivity contribution >= 4 is 17.5 Å². The Hall–Kier alpha value is -3.14. The molecule has 1 aromatic heterocycles. The van der Waals surface area contributed by atoms with Gasteiger partial charge in [0.1, 0.15) is 11.9 Å². The van der Waals surface area contributed by atoms with Crippen molar-refractivity contribution in [2.24, 2.45) is 0 Å². The van der Waals surface area contributed by atoms with Gasteiger partial charge < -0.3 is 19.9 Å². The van der Waals surface area contributed by atoms with Crippen LogP contribution in [0.15, 0.2) is 18.2 Å². The Morgan fingerprint density at radius 2 is 1.82 bits per heavy atom. The van der Waals surface area contributed by atoms with Crippen molar-refractivity contribution in [3.8, 4) is 23.3 Å². The number of H-pyrrole nitrogens is 1. The molecule has 0 atom stereocenters. The monoisotopic (exact) mass is 300 g/mol. The van der Waals surface area contributed by atoms with Crippen LogP contribution in [0.25, 0.3) is 11.6 Å². The molecular weight excluding hydrogens is 284 g/mol. The van der Waals surface area contributed by atoms with E-state index in [0.29, 0.717) is 34.3 Å². The van der Waals surface area contributed by atoms with Crippen LogP contribution in [-0.2, 0) is 0 Å². The molecule has 0 aliphatic rings. The SMILES string of the molecule is COc1cc(C=C(C#N)c2cc(N)n[nH]2)cc(OC)c1OC. The highest BCUT2D eigenvalue weighted by molar-refractivity contribution is 5.89. The van der Waals surface area contributed by atoms with Crippen LogP contribution in [0, 0.1) is 11.3 Å². The van der Waals surface area contributed by atoms with Gasteiger partial charge >= 0.3 is 0 Å². The van der Waals surface area contributed by atoms with Gasteiger partial charge in [0.15, 0.2) is 11.5 Å². The van der Waals surface area contributed by atoms with Crippen molar-refractivity contribution in [3.05, 3.63) is 29.5 Å². The summed E-state index contributed by atoms with van der Waals surface area (Å²) < 4.78 is 15.8. The molecule has 0 aliphatic heterocycles. The lowest BCUT2D eigenvalue weighted by molar-refractivity contribution is 0.324. The number of methoxy groups -OCH3 is 3. The van der Waals surface area contributed by atoms with Crippen LogP contribution in [0.3, 0.4) is 0 Å². The van der Waals surface area contributed by atoms with E-state index in [1.165, 1.54) is 21.3 Å². The Bertz CT molecular complexity index is 718. The largest absolute Gasteiger partial charge is 0.493 e. The molecule has 0 amide bonds. The lowest BCUT2D eigenvalue weighted by Crippen LogP contribution is -1.95. The van der Waals surface area contributed by atoms with Crippen LogP contribution >= 0.6 is 0 Å². The summed E-state index contributed by atoms with van der Waals surface area (Å²) in [5.74, 6) is 1.83. The van der Waals surface area contributed by atoms with Crippen LogP contribution in [0.4, 0.5) is 5.82 Å². The maximum atomic E-state index is 9.31. The third-order valence-electron chi connectivity index (χ3n) is 3.01. The minimum atomic E-state index is 0.320. The number of nitrogens with zero attached hydrogens (tertiary/aromatic N) is 2. The molecule has 114 valence electrons. The van der Waals surface area contributed by atoms with E-state index >= 15 is 0 Å². The van der Waals surface area contributed by atoms with Crippen molar-refractivity contribution in [1.82, 2.24) is 10.2 Å². The number of hydrogen-bond acceptors (Lipinski definition) is 6. The Kier molecular flexibility index (Phi) is 4.53. The fourth-order valence-corrected chi connectivity index (χ4v) is 2.00. The Morgan fingerprint density at radius 3 is 2.23 bits per heavy atom. The van der Waals surface area contributed by atoms with Crippen molar-refractivity contribution in [2.75, 3.05) is 27.1 Å². The second-order valence-corrected chi connectivity index (χ2v) is 4.33. The minimum absolute atomic E-state index is 0.320. The standard InChI is InChI=1S/C15H16N4O3/c1-20-12-5-9(6-13(21-2)15(12)22-3)4-10(8-16)11-7-14(17)19-18-11/h4-7H,1-3H3,(H3,17,18,19). The number of nitrogens with two attached hydrogens (primary N) is 1. The number of nitrogens with one attached hydrogen (secondary N) is 1. The maximum Gasteiger partial charge on any atom is 0.203 e. The predicted octanol–water partition coefficient (Wildman–Crippen LogP) is 2.08. The number of hydrogen-bond donors (Lipinski definition) is 2. The summed E-state index contributed by atoms with van der Waals surface area (Å²) in [6, 6.07) is 7.19. The maximum absolute atomic E-state index is 9.31. The molecule has 0 saturated carbocycles. The average molecular weight is 300 g/mol. The highest BCUT2D eigenvalue weighted by Gasteiger charge is 2.13. The van der Waals surface area contributed by atoms with E-state index < -0.39 is 0 Å². The average Bonchev–Trinajstić information content (AvgIpc) is 2.97. The smallest absolute Gasteiger partial charge is 0.203 e. The van der Waals surface area contributed by atoms with Gasteiger partial charge in [-0.2, -0.15) is 10.4 Å². The van der Waals surface area contributed by atoms with E-state index in [9.17, 15) is 5.26 Å². The number of aromatic amines is 1. The van der Waals surface area contributed by atoms with Crippen LogP contribution in [0.2, 0.25) is 0 Å². The van der Waals surface area contributed by atoms with Crippen LogP contribution in [0.5, 0.6) is 17.2 Å². The highest BCUT2D eigenvalue weighted by atomic mass is 16.5. The summed E-state index contributed by atoms with van der Waals surface area (Å²) in [6.45, 7) is 0. The molecule has 0 spiro atoms. The summed E-state index contributed by atoms with van der Waals surface area (Å²) in [7, 11) is 4.60. The van der Waals surface area contributed by atoms with E-state index in [-0.39, 0.29) is 0 Å². The fourth-order valence-electron chi connectivity index (χ4n) is 2.00. The zero-order chi connectivity index (χ0) is 16.1. The molecule has 0 aliphatic carbocycles. The normalized spacial score (nSPS) is 10.9.